The minimum atomic E-state index is -0.500. The molecule has 1 heterocycles. The number of nitrogens with two attached hydrogens (primary N) is 1. The zero-order chi connectivity index (χ0) is 14.8. The molecule has 0 fully saturated rings. The van der Waals surface area contributed by atoms with Crippen molar-refractivity contribution in [2.45, 2.75) is 19.4 Å². The molecule has 0 saturated heterocycles. The first-order valence-electron chi connectivity index (χ1n) is 6.16. The van der Waals surface area contributed by atoms with Gasteiger partial charge in [0.15, 0.2) is 0 Å². The second-order valence-corrected chi connectivity index (χ2v) is 5.57. The molecule has 3 N–H and O–H groups in total. The van der Waals surface area contributed by atoms with Gasteiger partial charge in [0.25, 0.3) is 5.91 Å². The molecule has 0 aliphatic heterocycles. The lowest BCUT2D eigenvalue weighted by atomic mass is 10.1. The van der Waals surface area contributed by atoms with Gasteiger partial charge in [-0.3, -0.25) is 4.79 Å². The summed E-state index contributed by atoms with van der Waals surface area (Å²) in [6, 6.07) is 8.75. The van der Waals surface area contributed by atoms with Gasteiger partial charge in [-0.05, 0) is 26.0 Å². The molecule has 0 aliphatic rings. The van der Waals surface area contributed by atoms with Crippen molar-refractivity contribution in [1.82, 2.24) is 10.5 Å². The summed E-state index contributed by atoms with van der Waals surface area (Å²) < 4.78 is 5.07. The second-order valence-electron chi connectivity index (χ2n) is 5.13. The minimum absolute atomic E-state index is 0.140. The number of hydrogen-bond donors (Lipinski definition) is 2. The highest BCUT2D eigenvalue weighted by Gasteiger charge is 2.22. The summed E-state index contributed by atoms with van der Waals surface area (Å²) in [6.07, 6.45) is 0. The first-order valence-corrected chi connectivity index (χ1v) is 6.54. The maximum Gasteiger partial charge on any atom is 0.290 e. The topological polar surface area (TPSA) is 81.1 Å². The van der Waals surface area contributed by atoms with Crippen molar-refractivity contribution < 1.29 is 9.32 Å². The van der Waals surface area contributed by atoms with E-state index in [1.807, 2.05) is 26.0 Å². The molecule has 0 radical (unpaired) electrons. The molecule has 6 heteroatoms. The Balaban J connectivity index is 2.19. The van der Waals surface area contributed by atoms with Crippen molar-refractivity contribution in [3.05, 3.63) is 41.1 Å². The van der Waals surface area contributed by atoms with E-state index in [2.05, 4.69) is 10.5 Å². The van der Waals surface area contributed by atoms with Crippen LogP contribution in [0, 0.1) is 0 Å². The van der Waals surface area contributed by atoms with E-state index >= 15 is 0 Å². The molecule has 0 atom stereocenters. The smallest absolute Gasteiger partial charge is 0.290 e. The average Bonchev–Trinajstić information content (AvgIpc) is 2.88. The van der Waals surface area contributed by atoms with Crippen LogP contribution in [0.4, 0.5) is 0 Å². The van der Waals surface area contributed by atoms with Crippen LogP contribution in [-0.2, 0) is 0 Å². The van der Waals surface area contributed by atoms with Crippen molar-refractivity contribution in [1.29, 1.82) is 0 Å². The van der Waals surface area contributed by atoms with Crippen molar-refractivity contribution in [3.8, 4) is 11.3 Å². The van der Waals surface area contributed by atoms with E-state index in [1.54, 1.807) is 18.2 Å². The van der Waals surface area contributed by atoms with Crippen LogP contribution in [-0.4, -0.2) is 23.1 Å². The Labute approximate surface area is 122 Å². The van der Waals surface area contributed by atoms with Gasteiger partial charge in [-0.15, -0.1) is 0 Å². The number of halogens is 1. The summed E-state index contributed by atoms with van der Waals surface area (Å²) in [5.74, 6) is -0.206. The van der Waals surface area contributed by atoms with E-state index < -0.39 is 5.54 Å². The predicted octanol–water partition coefficient (Wildman–Crippen LogP) is 2.46. The highest BCUT2D eigenvalue weighted by atomic mass is 35.5. The third kappa shape index (κ3) is 3.37. The molecule has 20 heavy (non-hydrogen) atoms. The highest BCUT2D eigenvalue weighted by molar-refractivity contribution is 6.30. The summed E-state index contributed by atoms with van der Waals surface area (Å²) >= 11 is 5.92. The minimum Gasteiger partial charge on any atom is -0.350 e. The van der Waals surface area contributed by atoms with Crippen LogP contribution in [0.25, 0.3) is 11.3 Å². The molecule has 1 aromatic carbocycles. The van der Waals surface area contributed by atoms with E-state index in [0.29, 0.717) is 17.3 Å². The van der Waals surface area contributed by atoms with Gasteiger partial charge in [-0.1, -0.05) is 28.9 Å². The fourth-order valence-electron chi connectivity index (χ4n) is 1.59. The van der Waals surface area contributed by atoms with Crippen LogP contribution in [0.15, 0.2) is 34.9 Å². The molecule has 0 bridgehead atoms. The van der Waals surface area contributed by atoms with Crippen LogP contribution >= 0.6 is 11.6 Å². The van der Waals surface area contributed by atoms with Gasteiger partial charge in [0, 0.05) is 28.7 Å². The molecule has 5 nitrogen and oxygen atoms in total. The molecule has 1 aromatic heterocycles. The van der Waals surface area contributed by atoms with Gasteiger partial charge < -0.3 is 15.6 Å². The second kappa shape index (κ2) is 5.64. The number of aromatic nitrogens is 1. The molecule has 0 saturated carbocycles. The van der Waals surface area contributed by atoms with Crippen LogP contribution in [0.3, 0.4) is 0 Å². The monoisotopic (exact) mass is 293 g/mol. The van der Waals surface area contributed by atoms with Gasteiger partial charge in [0.2, 0.25) is 5.76 Å². The van der Waals surface area contributed by atoms with Crippen LogP contribution in [0.5, 0.6) is 0 Å². The summed E-state index contributed by atoms with van der Waals surface area (Å²) in [6.45, 7) is 3.99. The van der Waals surface area contributed by atoms with E-state index in [-0.39, 0.29) is 11.7 Å². The van der Waals surface area contributed by atoms with Crippen molar-refractivity contribution in [2.24, 2.45) is 5.73 Å². The Bertz CT molecular complexity index is 622. The van der Waals surface area contributed by atoms with Crippen LogP contribution in [0.2, 0.25) is 5.02 Å². The molecule has 0 unspecified atom stereocenters. The van der Waals surface area contributed by atoms with Crippen LogP contribution < -0.4 is 11.1 Å². The molecule has 0 aliphatic carbocycles. The first-order chi connectivity index (χ1) is 9.41. The number of nitrogens with zero attached hydrogens (tertiary/aromatic N) is 1. The summed E-state index contributed by atoms with van der Waals surface area (Å²) in [4.78, 5) is 12.0. The Morgan fingerprint density at radius 2 is 2.20 bits per heavy atom. The third-order valence-corrected chi connectivity index (χ3v) is 3.05. The number of benzene rings is 1. The van der Waals surface area contributed by atoms with Gasteiger partial charge in [0.1, 0.15) is 5.69 Å². The molecule has 2 rings (SSSR count). The number of hydrogen-bond acceptors (Lipinski definition) is 4. The fourth-order valence-corrected chi connectivity index (χ4v) is 1.78. The normalized spacial score (nSPS) is 11.4. The van der Waals surface area contributed by atoms with Gasteiger partial charge in [-0.25, -0.2) is 0 Å². The molecular weight excluding hydrogens is 278 g/mol. The van der Waals surface area contributed by atoms with E-state index in [4.69, 9.17) is 21.9 Å². The van der Waals surface area contributed by atoms with Crippen molar-refractivity contribution in [2.75, 3.05) is 6.54 Å². The lowest BCUT2D eigenvalue weighted by Crippen LogP contribution is -2.48. The Kier molecular flexibility index (Phi) is 4.11. The van der Waals surface area contributed by atoms with Gasteiger partial charge >= 0.3 is 0 Å². The fraction of sp³-hybridized carbons (Fsp3) is 0.286. The molecule has 106 valence electrons. The van der Waals surface area contributed by atoms with Gasteiger partial charge in [-0.2, -0.15) is 0 Å². The van der Waals surface area contributed by atoms with E-state index in [1.165, 1.54) is 0 Å². The average molecular weight is 294 g/mol. The Morgan fingerprint density at radius 3 is 2.85 bits per heavy atom. The maximum atomic E-state index is 12.0. The maximum absolute atomic E-state index is 12.0. The van der Waals surface area contributed by atoms with E-state index in [9.17, 15) is 4.79 Å². The number of rotatable bonds is 4. The van der Waals surface area contributed by atoms with E-state index in [0.717, 1.165) is 5.56 Å². The zero-order valence-electron chi connectivity index (χ0n) is 11.3. The van der Waals surface area contributed by atoms with Crippen molar-refractivity contribution >= 4 is 17.5 Å². The lowest BCUT2D eigenvalue weighted by molar-refractivity contribution is 0.0878. The predicted molar refractivity (Wildman–Crippen MR) is 77.5 cm³/mol. The molecular formula is C14H16ClN3O2. The Morgan fingerprint density at radius 1 is 1.45 bits per heavy atom. The number of nitrogens with one attached hydrogen (secondary N) is 1. The largest absolute Gasteiger partial charge is 0.350 e. The summed E-state index contributed by atoms with van der Waals surface area (Å²) in [7, 11) is 0. The number of carbonyl (C=O) groups is 1. The number of carbonyl (C=O) groups excluding carboxylic acids is 1. The first kappa shape index (κ1) is 14.6. The Hall–Kier alpha value is -1.85. The summed E-state index contributed by atoms with van der Waals surface area (Å²) in [5, 5.41) is 7.25. The van der Waals surface area contributed by atoms with Gasteiger partial charge in [0.05, 0.1) is 0 Å². The van der Waals surface area contributed by atoms with Crippen LogP contribution in [0.1, 0.15) is 24.4 Å². The lowest BCUT2D eigenvalue weighted by Gasteiger charge is -2.23. The quantitative estimate of drug-likeness (QED) is 0.907. The van der Waals surface area contributed by atoms with Crippen molar-refractivity contribution in [3.63, 3.8) is 0 Å². The molecule has 1 amide bonds. The standard InChI is InChI=1S/C14H16ClN3O2/c1-14(2,8-16)17-13(19)12-7-11(18-20-12)9-4-3-5-10(15)6-9/h3-7H,8,16H2,1-2H3,(H,17,19). The highest BCUT2D eigenvalue weighted by Crippen LogP contribution is 2.22. The molecule has 2 aromatic rings. The summed E-state index contributed by atoms with van der Waals surface area (Å²) in [5.41, 5.74) is 6.42. The third-order valence-electron chi connectivity index (χ3n) is 2.82. The number of amides is 1. The molecule has 0 spiro atoms. The zero-order valence-corrected chi connectivity index (χ0v) is 12.1. The SMILES string of the molecule is CC(C)(CN)NC(=O)c1cc(-c2cccc(Cl)c2)no1.